The molecule has 2 rings (SSSR count). The predicted octanol–water partition coefficient (Wildman–Crippen LogP) is 2.89. The van der Waals surface area contributed by atoms with Crippen LogP contribution in [0.4, 0.5) is 0 Å². The van der Waals surface area contributed by atoms with Crippen LogP contribution in [0.1, 0.15) is 35.3 Å². The summed E-state index contributed by atoms with van der Waals surface area (Å²) in [5, 5.41) is 5.83. The molecule has 0 aromatic heterocycles. The maximum Gasteiger partial charge on any atom is 0.307 e. The summed E-state index contributed by atoms with van der Waals surface area (Å²) in [5.41, 5.74) is 1.11. The number of benzene rings is 2. The Morgan fingerprint density at radius 1 is 1.03 bits per heavy atom. The number of hydrogen-bond donors (Lipinski definition) is 2. The van der Waals surface area contributed by atoms with E-state index >= 15 is 0 Å². The van der Waals surface area contributed by atoms with Crippen molar-refractivity contribution in [2.75, 3.05) is 20.3 Å². The Balaban J connectivity index is 1.95. The maximum atomic E-state index is 12.3. The zero-order chi connectivity index (χ0) is 21.2. The van der Waals surface area contributed by atoms with Gasteiger partial charge in [-0.2, -0.15) is 0 Å². The number of nitrogens with one attached hydrogen (secondary N) is 2. The first-order valence-electron chi connectivity index (χ1n) is 9.05. The fraction of sp³-hybridized carbons (Fsp3) is 0.286. The van der Waals surface area contributed by atoms with Crippen LogP contribution in [0.25, 0.3) is 0 Å². The third-order valence-corrected chi connectivity index (χ3v) is 4.30. The van der Waals surface area contributed by atoms with Crippen LogP contribution >= 0.6 is 11.6 Å². The lowest BCUT2D eigenvalue weighted by Crippen LogP contribution is -2.39. The summed E-state index contributed by atoms with van der Waals surface area (Å²) >= 11 is 5.89. The number of carbonyl (C=O) groups excluding carboxylic acids is 3. The molecule has 29 heavy (non-hydrogen) atoms. The third kappa shape index (κ3) is 7.12. The van der Waals surface area contributed by atoms with Gasteiger partial charge in [0.25, 0.3) is 5.91 Å². The lowest BCUT2D eigenvalue weighted by molar-refractivity contribution is -0.141. The number of esters is 1. The molecule has 0 fully saturated rings. The molecular formula is C21H23ClN2O5. The molecular weight excluding hydrogens is 396 g/mol. The number of methoxy groups -OCH3 is 1. The summed E-state index contributed by atoms with van der Waals surface area (Å²) in [6.45, 7) is 2.17. The van der Waals surface area contributed by atoms with Crippen LogP contribution in [0.2, 0.25) is 5.02 Å². The molecule has 0 saturated carbocycles. The van der Waals surface area contributed by atoms with Gasteiger partial charge in [-0.05, 0) is 48.9 Å². The van der Waals surface area contributed by atoms with Crippen LogP contribution in [0.5, 0.6) is 5.75 Å². The number of hydrogen-bond acceptors (Lipinski definition) is 5. The zero-order valence-electron chi connectivity index (χ0n) is 16.2. The van der Waals surface area contributed by atoms with Gasteiger partial charge >= 0.3 is 5.97 Å². The van der Waals surface area contributed by atoms with Crippen molar-refractivity contribution in [3.8, 4) is 5.75 Å². The molecule has 0 saturated heterocycles. The van der Waals surface area contributed by atoms with Gasteiger partial charge < -0.3 is 20.1 Å². The number of amides is 2. The van der Waals surface area contributed by atoms with E-state index in [9.17, 15) is 14.4 Å². The van der Waals surface area contributed by atoms with E-state index in [1.807, 2.05) is 6.92 Å². The van der Waals surface area contributed by atoms with Crippen molar-refractivity contribution in [3.63, 3.8) is 0 Å². The van der Waals surface area contributed by atoms with Crippen molar-refractivity contribution >= 4 is 29.4 Å². The van der Waals surface area contributed by atoms with Gasteiger partial charge in [0.15, 0.2) is 0 Å². The molecule has 2 N–H and O–H groups in total. The normalized spacial score (nSPS) is 11.3. The summed E-state index contributed by atoms with van der Waals surface area (Å²) in [6.07, 6.45) is -0.0449. The first kappa shape index (κ1) is 22.2. The predicted molar refractivity (Wildman–Crippen MR) is 109 cm³/mol. The molecule has 2 aromatic rings. The second-order valence-corrected chi connectivity index (χ2v) is 6.53. The molecule has 0 heterocycles. The van der Waals surface area contributed by atoms with E-state index in [0.717, 1.165) is 0 Å². The van der Waals surface area contributed by atoms with E-state index in [-0.39, 0.29) is 18.9 Å². The van der Waals surface area contributed by atoms with E-state index in [2.05, 4.69) is 10.6 Å². The van der Waals surface area contributed by atoms with E-state index in [1.165, 1.54) is 7.11 Å². The van der Waals surface area contributed by atoms with Crippen LogP contribution in [0, 0.1) is 0 Å². The smallest absolute Gasteiger partial charge is 0.307 e. The van der Waals surface area contributed by atoms with Gasteiger partial charge in [0.1, 0.15) is 5.75 Å². The highest BCUT2D eigenvalue weighted by Crippen LogP contribution is 2.20. The summed E-state index contributed by atoms with van der Waals surface area (Å²) in [4.78, 5) is 36.2. The average molecular weight is 419 g/mol. The molecule has 2 aromatic carbocycles. The Hall–Kier alpha value is -3.06. The van der Waals surface area contributed by atoms with E-state index in [1.54, 1.807) is 48.5 Å². The van der Waals surface area contributed by atoms with Crippen molar-refractivity contribution in [1.29, 1.82) is 0 Å². The van der Waals surface area contributed by atoms with Gasteiger partial charge in [-0.15, -0.1) is 0 Å². The number of rotatable bonds is 9. The van der Waals surface area contributed by atoms with Gasteiger partial charge in [-0.25, -0.2) is 0 Å². The summed E-state index contributed by atoms with van der Waals surface area (Å²) in [6, 6.07) is 12.8. The molecule has 0 radical (unpaired) electrons. The largest absolute Gasteiger partial charge is 0.494 e. The van der Waals surface area contributed by atoms with Crippen molar-refractivity contribution in [2.45, 2.75) is 19.4 Å². The minimum absolute atomic E-state index is 0.0449. The molecule has 1 unspecified atom stereocenters. The standard InChI is InChI=1S/C21H23ClN2O5/c1-3-29-17-10-6-15(7-11-17)21(27)23-13-19(25)24-18(12-20(26)28-2)14-4-8-16(22)9-5-14/h4-11,18H,3,12-13H2,1-2H3,(H,23,27)(H,24,25). The molecule has 0 aliphatic rings. The Labute approximate surface area is 174 Å². The van der Waals surface area contributed by atoms with E-state index in [4.69, 9.17) is 21.1 Å². The van der Waals surface area contributed by atoms with Crippen LogP contribution in [0.3, 0.4) is 0 Å². The van der Waals surface area contributed by atoms with Crippen molar-refractivity contribution in [2.24, 2.45) is 0 Å². The molecule has 0 spiro atoms. The Morgan fingerprint density at radius 2 is 1.69 bits per heavy atom. The summed E-state index contributed by atoms with van der Waals surface area (Å²) < 4.78 is 10.0. The van der Waals surface area contributed by atoms with Gasteiger partial charge in [-0.3, -0.25) is 14.4 Å². The summed E-state index contributed by atoms with van der Waals surface area (Å²) in [5.74, 6) is -0.633. The monoisotopic (exact) mass is 418 g/mol. The van der Waals surface area contributed by atoms with Crippen LogP contribution in [-0.2, 0) is 14.3 Å². The number of carbonyl (C=O) groups is 3. The van der Waals surface area contributed by atoms with Crippen molar-refractivity contribution in [3.05, 3.63) is 64.7 Å². The van der Waals surface area contributed by atoms with Gasteiger partial charge in [0.2, 0.25) is 5.91 Å². The Bertz CT molecular complexity index is 837. The number of ether oxygens (including phenoxy) is 2. The SMILES string of the molecule is CCOc1ccc(C(=O)NCC(=O)NC(CC(=O)OC)c2ccc(Cl)cc2)cc1. The second kappa shape index (κ2) is 11.1. The quantitative estimate of drug-likeness (QED) is 0.611. The van der Waals surface area contributed by atoms with Crippen molar-refractivity contribution < 1.29 is 23.9 Å². The maximum absolute atomic E-state index is 12.3. The molecule has 2 amide bonds. The van der Waals surface area contributed by atoms with Gasteiger partial charge in [0, 0.05) is 10.6 Å². The Morgan fingerprint density at radius 3 is 2.28 bits per heavy atom. The summed E-state index contributed by atoms with van der Waals surface area (Å²) in [7, 11) is 1.28. The highest BCUT2D eigenvalue weighted by Gasteiger charge is 2.19. The van der Waals surface area contributed by atoms with Crippen molar-refractivity contribution in [1.82, 2.24) is 10.6 Å². The molecule has 1 atom stereocenters. The van der Waals surface area contributed by atoms with Crippen LogP contribution in [-0.4, -0.2) is 38.0 Å². The van der Waals surface area contributed by atoms with E-state index < -0.39 is 17.9 Å². The molecule has 0 aliphatic carbocycles. The zero-order valence-corrected chi connectivity index (χ0v) is 17.0. The fourth-order valence-electron chi connectivity index (χ4n) is 2.57. The molecule has 8 heteroatoms. The highest BCUT2D eigenvalue weighted by molar-refractivity contribution is 6.30. The first-order valence-corrected chi connectivity index (χ1v) is 9.43. The fourth-order valence-corrected chi connectivity index (χ4v) is 2.70. The molecule has 0 bridgehead atoms. The lowest BCUT2D eigenvalue weighted by Gasteiger charge is -2.18. The third-order valence-electron chi connectivity index (χ3n) is 4.04. The van der Waals surface area contributed by atoms with Crippen LogP contribution < -0.4 is 15.4 Å². The lowest BCUT2D eigenvalue weighted by atomic mass is 10.0. The van der Waals surface area contributed by atoms with Crippen LogP contribution in [0.15, 0.2) is 48.5 Å². The van der Waals surface area contributed by atoms with E-state index in [0.29, 0.717) is 28.5 Å². The molecule has 7 nitrogen and oxygen atoms in total. The average Bonchev–Trinajstić information content (AvgIpc) is 2.72. The first-order chi connectivity index (χ1) is 13.9. The minimum atomic E-state index is -0.602. The Kier molecular flexibility index (Phi) is 8.48. The number of halogens is 1. The second-order valence-electron chi connectivity index (χ2n) is 6.09. The topological polar surface area (TPSA) is 93.7 Å². The van der Waals surface area contributed by atoms with Gasteiger partial charge in [-0.1, -0.05) is 23.7 Å². The molecule has 0 aliphatic heterocycles. The minimum Gasteiger partial charge on any atom is -0.494 e. The molecule has 154 valence electrons. The highest BCUT2D eigenvalue weighted by atomic mass is 35.5. The van der Waals surface area contributed by atoms with Gasteiger partial charge in [0.05, 0.1) is 32.7 Å².